The van der Waals surface area contributed by atoms with Gasteiger partial charge in [0.05, 0.1) is 6.61 Å². The van der Waals surface area contributed by atoms with Crippen LogP contribution in [0.25, 0.3) is 0 Å². The van der Waals surface area contributed by atoms with Crippen LogP contribution in [-0.4, -0.2) is 29.2 Å². The third kappa shape index (κ3) is 1.12. The highest BCUT2D eigenvalue weighted by molar-refractivity contribution is 7.90. The summed E-state index contributed by atoms with van der Waals surface area (Å²) in [5, 5.41) is 17.0. The first kappa shape index (κ1) is 6.31. The molecule has 0 aromatic carbocycles. The molecule has 0 aromatic heterocycles. The first-order chi connectivity index (χ1) is 3.84. The van der Waals surface area contributed by atoms with Gasteiger partial charge in [0.15, 0.2) is 18.6 Å². The van der Waals surface area contributed by atoms with Gasteiger partial charge in [-0.25, -0.2) is 0 Å². The molecule has 0 radical (unpaired) electrons. The number of hydrogen-bond donors (Lipinski definition) is 2. The average molecular weight is 138 g/mol. The second-order valence-electron chi connectivity index (χ2n) is 1.37. The van der Waals surface area contributed by atoms with Gasteiger partial charge in [-0.05, 0) is 0 Å². The lowest BCUT2D eigenvalue weighted by Gasteiger charge is -2.03. The summed E-state index contributed by atoms with van der Waals surface area (Å²) in [5.74, 6) is 0. The maximum Gasteiger partial charge on any atom is 0.200 e. The van der Waals surface area contributed by atoms with Crippen molar-refractivity contribution in [2.24, 2.45) is 0 Å². The van der Waals surface area contributed by atoms with Crippen LogP contribution < -0.4 is 0 Å². The SMILES string of the molecule is OCC1OSOC1O. The number of aliphatic hydroxyl groups excluding tert-OH is 2. The van der Waals surface area contributed by atoms with Gasteiger partial charge >= 0.3 is 0 Å². The summed E-state index contributed by atoms with van der Waals surface area (Å²) < 4.78 is 9.06. The zero-order valence-electron chi connectivity index (χ0n) is 3.98. The van der Waals surface area contributed by atoms with E-state index in [1.165, 1.54) is 0 Å². The minimum Gasteiger partial charge on any atom is -0.393 e. The zero-order valence-corrected chi connectivity index (χ0v) is 4.80. The largest absolute Gasteiger partial charge is 0.393 e. The molecule has 5 heteroatoms. The Labute approximate surface area is 50.8 Å². The lowest BCUT2D eigenvalue weighted by Crippen LogP contribution is -2.25. The summed E-state index contributed by atoms with van der Waals surface area (Å²) in [4.78, 5) is 0. The fourth-order valence-corrected chi connectivity index (χ4v) is 0.850. The van der Waals surface area contributed by atoms with Crippen molar-refractivity contribution in [2.75, 3.05) is 6.61 Å². The Balaban J connectivity index is 2.30. The molecule has 1 fully saturated rings. The second-order valence-corrected chi connectivity index (χ2v) is 1.89. The Morgan fingerprint density at radius 3 is 2.50 bits per heavy atom. The molecule has 1 rings (SSSR count). The molecular formula is C3H6O4S. The van der Waals surface area contributed by atoms with E-state index in [4.69, 9.17) is 10.2 Å². The topological polar surface area (TPSA) is 58.9 Å². The van der Waals surface area contributed by atoms with E-state index >= 15 is 0 Å². The first-order valence-electron chi connectivity index (χ1n) is 2.12. The van der Waals surface area contributed by atoms with Gasteiger partial charge in [0.1, 0.15) is 6.10 Å². The molecule has 48 valence electrons. The molecular weight excluding hydrogens is 132 g/mol. The maximum absolute atomic E-state index is 8.66. The molecule has 1 aliphatic heterocycles. The monoisotopic (exact) mass is 138 g/mol. The van der Waals surface area contributed by atoms with E-state index in [1.807, 2.05) is 0 Å². The maximum atomic E-state index is 8.66. The Bertz CT molecular complexity index is 77.7. The van der Waals surface area contributed by atoms with Gasteiger partial charge in [0.2, 0.25) is 0 Å². The number of hydrogen-bond acceptors (Lipinski definition) is 5. The van der Waals surface area contributed by atoms with E-state index in [9.17, 15) is 0 Å². The average Bonchev–Trinajstić information content (AvgIpc) is 2.14. The summed E-state index contributed by atoms with van der Waals surface area (Å²) in [7, 11) is 0. The van der Waals surface area contributed by atoms with Crippen LogP contribution in [0.3, 0.4) is 0 Å². The van der Waals surface area contributed by atoms with Crippen LogP contribution in [0.1, 0.15) is 0 Å². The van der Waals surface area contributed by atoms with Gasteiger partial charge in [-0.2, -0.15) is 0 Å². The van der Waals surface area contributed by atoms with Crippen LogP contribution in [0.5, 0.6) is 0 Å². The van der Waals surface area contributed by atoms with Crippen LogP contribution in [0, 0.1) is 0 Å². The Morgan fingerprint density at radius 1 is 1.50 bits per heavy atom. The lowest BCUT2D eigenvalue weighted by atomic mass is 10.4. The Hall–Kier alpha value is 0.190. The fraction of sp³-hybridized carbons (Fsp3) is 1.00. The number of rotatable bonds is 1. The third-order valence-electron chi connectivity index (χ3n) is 0.799. The summed E-state index contributed by atoms with van der Waals surface area (Å²) in [6.07, 6.45) is -1.56. The van der Waals surface area contributed by atoms with Crippen molar-refractivity contribution in [3.05, 3.63) is 0 Å². The van der Waals surface area contributed by atoms with Gasteiger partial charge in [-0.1, -0.05) is 0 Å². The van der Waals surface area contributed by atoms with Crippen LogP contribution >= 0.6 is 12.3 Å². The minimum absolute atomic E-state index is 0.214. The van der Waals surface area contributed by atoms with Gasteiger partial charge < -0.3 is 10.2 Å². The van der Waals surface area contributed by atoms with Crippen molar-refractivity contribution in [1.82, 2.24) is 0 Å². The standard InChI is InChI=1S/C3H6O4S/c4-1-2-3(5)7-8-6-2/h2-5H,1H2. The smallest absolute Gasteiger partial charge is 0.200 e. The summed E-state index contributed by atoms with van der Waals surface area (Å²) >= 11 is 0.705. The highest BCUT2D eigenvalue weighted by Crippen LogP contribution is 2.23. The highest BCUT2D eigenvalue weighted by atomic mass is 32.2. The molecule has 1 heterocycles. The molecule has 0 aliphatic carbocycles. The molecule has 8 heavy (non-hydrogen) atoms. The fourth-order valence-electron chi connectivity index (χ4n) is 0.343. The van der Waals surface area contributed by atoms with E-state index in [2.05, 4.69) is 8.37 Å². The first-order valence-corrected chi connectivity index (χ1v) is 2.79. The van der Waals surface area contributed by atoms with Gasteiger partial charge in [0, 0.05) is 0 Å². The molecule has 0 amide bonds. The van der Waals surface area contributed by atoms with E-state index in [-0.39, 0.29) is 6.61 Å². The van der Waals surface area contributed by atoms with Crippen LogP contribution in [0.2, 0.25) is 0 Å². The van der Waals surface area contributed by atoms with Crippen LogP contribution in [-0.2, 0) is 8.37 Å². The highest BCUT2D eigenvalue weighted by Gasteiger charge is 2.27. The zero-order chi connectivity index (χ0) is 5.98. The van der Waals surface area contributed by atoms with Crippen molar-refractivity contribution in [3.63, 3.8) is 0 Å². The predicted octanol–water partition coefficient (Wildman–Crippen LogP) is -0.724. The molecule has 1 aliphatic rings. The Morgan fingerprint density at radius 2 is 2.25 bits per heavy atom. The Kier molecular flexibility index (Phi) is 2.09. The lowest BCUT2D eigenvalue weighted by molar-refractivity contribution is -0.0541. The summed E-state index contributed by atoms with van der Waals surface area (Å²) in [6.45, 7) is -0.214. The van der Waals surface area contributed by atoms with Crippen molar-refractivity contribution in [2.45, 2.75) is 12.4 Å². The molecule has 2 unspecified atom stereocenters. The molecule has 0 bridgehead atoms. The normalized spacial score (nSPS) is 38.2. The van der Waals surface area contributed by atoms with Crippen molar-refractivity contribution >= 4 is 12.3 Å². The second kappa shape index (κ2) is 2.65. The van der Waals surface area contributed by atoms with E-state index in [1.54, 1.807) is 0 Å². The minimum atomic E-state index is -0.981. The molecule has 0 saturated carbocycles. The van der Waals surface area contributed by atoms with Crippen molar-refractivity contribution in [3.8, 4) is 0 Å². The van der Waals surface area contributed by atoms with Crippen LogP contribution in [0.4, 0.5) is 0 Å². The van der Waals surface area contributed by atoms with Gasteiger partial charge in [-0.15, -0.1) is 0 Å². The number of aliphatic hydroxyl groups is 2. The van der Waals surface area contributed by atoms with E-state index < -0.39 is 12.4 Å². The van der Waals surface area contributed by atoms with Crippen molar-refractivity contribution < 1.29 is 18.6 Å². The van der Waals surface area contributed by atoms with E-state index in [0.29, 0.717) is 12.3 Å². The van der Waals surface area contributed by atoms with E-state index in [0.717, 1.165) is 0 Å². The molecule has 2 atom stereocenters. The summed E-state index contributed by atoms with van der Waals surface area (Å²) in [5.41, 5.74) is 0. The summed E-state index contributed by atoms with van der Waals surface area (Å²) in [6, 6.07) is 0. The van der Waals surface area contributed by atoms with Gasteiger partial charge in [-0.3, -0.25) is 8.37 Å². The molecule has 2 N–H and O–H groups in total. The molecule has 0 aromatic rings. The third-order valence-corrected chi connectivity index (χ3v) is 1.40. The predicted molar refractivity (Wildman–Crippen MR) is 26.6 cm³/mol. The molecule has 1 saturated heterocycles. The molecule has 4 nitrogen and oxygen atoms in total. The van der Waals surface area contributed by atoms with Crippen molar-refractivity contribution in [1.29, 1.82) is 0 Å². The molecule has 0 spiro atoms. The van der Waals surface area contributed by atoms with Gasteiger partial charge in [0.25, 0.3) is 0 Å². The quantitative estimate of drug-likeness (QED) is 0.468. The van der Waals surface area contributed by atoms with Crippen LogP contribution in [0.15, 0.2) is 0 Å².